The van der Waals surface area contributed by atoms with Crippen molar-refractivity contribution in [2.45, 2.75) is 19.8 Å². The number of nitrogens with zero attached hydrogens (tertiary/aromatic N) is 5. The lowest BCUT2D eigenvalue weighted by molar-refractivity contribution is 0.102. The van der Waals surface area contributed by atoms with Crippen molar-refractivity contribution < 1.29 is 4.79 Å². The molecule has 2 aromatic carbocycles. The van der Waals surface area contributed by atoms with Crippen molar-refractivity contribution in [3.63, 3.8) is 0 Å². The van der Waals surface area contributed by atoms with E-state index >= 15 is 0 Å². The summed E-state index contributed by atoms with van der Waals surface area (Å²) in [4.78, 5) is 24.7. The number of benzene rings is 2. The predicted octanol–water partition coefficient (Wildman–Crippen LogP) is 5.02. The van der Waals surface area contributed by atoms with Gasteiger partial charge in [0.2, 0.25) is 0 Å². The van der Waals surface area contributed by atoms with Crippen LogP contribution in [0.3, 0.4) is 0 Å². The first-order chi connectivity index (χ1) is 17.5. The Kier molecular flexibility index (Phi) is 8.80. The van der Waals surface area contributed by atoms with Gasteiger partial charge in [0, 0.05) is 36.0 Å². The van der Waals surface area contributed by atoms with Crippen LogP contribution in [-0.2, 0) is 0 Å². The van der Waals surface area contributed by atoms with Crippen molar-refractivity contribution in [3.8, 4) is 11.4 Å². The van der Waals surface area contributed by atoms with Crippen molar-refractivity contribution in [2.75, 3.05) is 43.6 Å². The van der Waals surface area contributed by atoms with Gasteiger partial charge >= 0.3 is 0 Å². The summed E-state index contributed by atoms with van der Waals surface area (Å²) in [6.07, 6.45) is 1.97. The highest BCUT2D eigenvalue weighted by Crippen LogP contribution is 2.24. The quantitative estimate of drug-likeness (QED) is 0.405. The molecule has 0 aliphatic carbocycles. The van der Waals surface area contributed by atoms with E-state index in [2.05, 4.69) is 42.6 Å². The van der Waals surface area contributed by atoms with Crippen LogP contribution >= 0.6 is 11.8 Å². The van der Waals surface area contributed by atoms with E-state index in [1.54, 1.807) is 17.8 Å². The molecule has 4 rings (SSSR count). The number of thioether (sulfide) groups is 1. The molecule has 0 unspecified atom stereocenters. The van der Waals surface area contributed by atoms with Crippen molar-refractivity contribution in [2.24, 2.45) is 10.2 Å². The number of nitrogens with one attached hydrogen (secondary N) is 2. The molecule has 3 aromatic rings. The molecule has 0 radical (unpaired) electrons. The van der Waals surface area contributed by atoms with E-state index in [1.165, 1.54) is 0 Å². The Balaban J connectivity index is 1.61. The number of para-hydroxylation sites is 1. The summed E-state index contributed by atoms with van der Waals surface area (Å²) in [5, 5.41) is 16.2. The fourth-order valence-corrected chi connectivity index (χ4v) is 4.56. The summed E-state index contributed by atoms with van der Waals surface area (Å²) in [5.74, 6) is 1.51. The summed E-state index contributed by atoms with van der Waals surface area (Å²) in [6, 6.07) is 19.0. The van der Waals surface area contributed by atoms with Crippen LogP contribution in [-0.4, -0.2) is 64.5 Å². The summed E-state index contributed by atoms with van der Waals surface area (Å²) in [7, 11) is 4.02. The van der Waals surface area contributed by atoms with E-state index in [0.717, 1.165) is 47.0 Å². The molecule has 0 bridgehead atoms. The third-order valence-corrected chi connectivity index (χ3v) is 6.50. The number of rotatable bonds is 10. The first-order valence-corrected chi connectivity index (χ1v) is 13.0. The minimum Gasteiger partial charge on any atom is -0.369 e. The fourth-order valence-electron chi connectivity index (χ4n) is 3.60. The zero-order chi connectivity index (χ0) is 25.3. The molecule has 1 amide bonds. The number of amides is 1. The molecule has 0 atom stereocenters. The smallest absolute Gasteiger partial charge is 0.274 e. The molecule has 9 heteroatoms. The van der Waals surface area contributed by atoms with Crippen LogP contribution in [0.5, 0.6) is 0 Å². The zero-order valence-corrected chi connectivity index (χ0v) is 21.7. The van der Waals surface area contributed by atoms with Crippen LogP contribution in [0.1, 0.15) is 35.8 Å². The number of hydrogen-bond acceptors (Lipinski definition) is 8. The largest absolute Gasteiger partial charge is 0.369 e. The Labute approximate surface area is 216 Å². The van der Waals surface area contributed by atoms with E-state index in [4.69, 9.17) is 0 Å². The number of anilines is 2. The van der Waals surface area contributed by atoms with Gasteiger partial charge in [-0.2, -0.15) is 5.10 Å². The van der Waals surface area contributed by atoms with Crippen LogP contribution in [0, 0.1) is 0 Å². The Morgan fingerprint density at radius 2 is 1.81 bits per heavy atom. The average molecular weight is 502 g/mol. The number of likely N-dealkylation sites (N-methyl/N-ethyl adjacent to an activating group) is 1. The minimum absolute atomic E-state index is 0.286. The SMILES string of the molecule is CCCC1=NN=C(c2ccccc2NC(=O)c2cc(NCCN(C)C)nc(-c3ccccc3)n2)CS1. The van der Waals surface area contributed by atoms with E-state index in [9.17, 15) is 4.79 Å². The van der Waals surface area contributed by atoms with Gasteiger partial charge in [-0.1, -0.05) is 55.5 Å². The lowest BCUT2D eigenvalue weighted by Gasteiger charge is -2.16. The average Bonchev–Trinajstić information content (AvgIpc) is 2.90. The molecule has 2 N–H and O–H groups in total. The molecule has 1 aliphatic heterocycles. The van der Waals surface area contributed by atoms with Crippen molar-refractivity contribution in [1.82, 2.24) is 14.9 Å². The van der Waals surface area contributed by atoms with Crippen LogP contribution in [0.15, 0.2) is 70.9 Å². The van der Waals surface area contributed by atoms with Crippen molar-refractivity contribution in [1.29, 1.82) is 0 Å². The Hall–Kier alpha value is -3.56. The molecule has 8 nitrogen and oxygen atoms in total. The predicted molar refractivity (Wildman–Crippen MR) is 150 cm³/mol. The van der Waals surface area contributed by atoms with Gasteiger partial charge in [0.05, 0.1) is 16.4 Å². The topological polar surface area (TPSA) is 94.9 Å². The third-order valence-electron chi connectivity index (χ3n) is 5.46. The van der Waals surface area contributed by atoms with Gasteiger partial charge in [0.15, 0.2) is 5.82 Å². The Morgan fingerprint density at radius 1 is 1.03 bits per heavy atom. The highest BCUT2D eigenvalue weighted by Gasteiger charge is 2.18. The number of aromatic nitrogens is 2. The molecular formula is C27H31N7OS. The van der Waals surface area contributed by atoms with Gasteiger partial charge < -0.3 is 15.5 Å². The van der Waals surface area contributed by atoms with Gasteiger partial charge in [-0.3, -0.25) is 4.79 Å². The van der Waals surface area contributed by atoms with E-state index in [1.807, 2.05) is 68.7 Å². The van der Waals surface area contributed by atoms with E-state index in [0.29, 0.717) is 23.9 Å². The molecule has 2 heterocycles. The number of hydrogen-bond donors (Lipinski definition) is 2. The molecule has 0 fully saturated rings. The molecule has 186 valence electrons. The number of carbonyl (C=O) groups excluding carboxylic acids is 1. The van der Waals surface area contributed by atoms with Gasteiger partial charge in [0.1, 0.15) is 11.5 Å². The number of carbonyl (C=O) groups is 1. The second-order valence-electron chi connectivity index (χ2n) is 8.64. The molecule has 0 saturated heterocycles. The van der Waals surface area contributed by atoms with Crippen molar-refractivity contribution in [3.05, 3.63) is 71.9 Å². The first-order valence-electron chi connectivity index (χ1n) is 12.0. The molecule has 0 saturated carbocycles. The van der Waals surface area contributed by atoms with Gasteiger partial charge in [-0.05, 0) is 33.0 Å². The van der Waals surface area contributed by atoms with Crippen LogP contribution in [0.25, 0.3) is 11.4 Å². The maximum Gasteiger partial charge on any atom is 0.274 e. The lowest BCUT2D eigenvalue weighted by Crippen LogP contribution is -2.22. The fraction of sp³-hybridized carbons (Fsp3) is 0.296. The molecule has 1 aromatic heterocycles. The lowest BCUT2D eigenvalue weighted by atomic mass is 10.1. The van der Waals surface area contributed by atoms with E-state index < -0.39 is 0 Å². The standard InChI is InChI=1S/C27H31N7OS/c1-4-10-25-33-32-23(18-36-25)20-13-8-9-14-21(20)30-27(35)22-17-24(28-15-16-34(2)3)31-26(29-22)19-11-6-5-7-12-19/h5-9,11-14,17H,4,10,15-16,18H2,1-3H3,(H,30,35)(H,28,29,31). The second-order valence-corrected chi connectivity index (χ2v) is 9.69. The highest BCUT2D eigenvalue weighted by atomic mass is 32.2. The first kappa shape index (κ1) is 25.5. The highest BCUT2D eigenvalue weighted by molar-refractivity contribution is 8.14. The van der Waals surface area contributed by atoms with Crippen molar-refractivity contribution >= 4 is 39.9 Å². The zero-order valence-electron chi connectivity index (χ0n) is 20.9. The molecular weight excluding hydrogens is 470 g/mol. The van der Waals surface area contributed by atoms with Crippen LogP contribution < -0.4 is 10.6 Å². The summed E-state index contributed by atoms with van der Waals surface area (Å²) in [6.45, 7) is 3.66. The van der Waals surface area contributed by atoms with Gasteiger partial charge in [-0.15, -0.1) is 16.9 Å². The summed E-state index contributed by atoms with van der Waals surface area (Å²) >= 11 is 1.70. The molecule has 36 heavy (non-hydrogen) atoms. The summed E-state index contributed by atoms with van der Waals surface area (Å²) in [5.41, 5.74) is 3.51. The monoisotopic (exact) mass is 501 g/mol. The molecule has 1 aliphatic rings. The minimum atomic E-state index is -0.308. The van der Waals surface area contributed by atoms with E-state index in [-0.39, 0.29) is 11.6 Å². The maximum atomic E-state index is 13.4. The Bertz CT molecular complexity index is 1260. The Morgan fingerprint density at radius 3 is 2.53 bits per heavy atom. The third kappa shape index (κ3) is 6.77. The second kappa shape index (κ2) is 12.4. The summed E-state index contributed by atoms with van der Waals surface area (Å²) < 4.78 is 0. The van der Waals surface area contributed by atoms with Crippen LogP contribution in [0.2, 0.25) is 0 Å². The van der Waals surface area contributed by atoms with Gasteiger partial charge in [0.25, 0.3) is 5.91 Å². The maximum absolute atomic E-state index is 13.4. The molecule has 0 spiro atoms. The van der Waals surface area contributed by atoms with Crippen LogP contribution in [0.4, 0.5) is 11.5 Å². The normalized spacial score (nSPS) is 13.2. The van der Waals surface area contributed by atoms with Gasteiger partial charge in [-0.25, -0.2) is 9.97 Å².